The Morgan fingerprint density at radius 1 is 1.02 bits per heavy atom. The summed E-state index contributed by atoms with van der Waals surface area (Å²) >= 11 is 8.80. The lowest BCUT2D eigenvalue weighted by Gasteiger charge is -2.16. The third-order valence-electron chi connectivity index (χ3n) is 6.38. The highest BCUT2D eigenvalue weighted by Gasteiger charge is 2.22. The summed E-state index contributed by atoms with van der Waals surface area (Å²) < 4.78 is 10.9. The number of pyridine rings is 1. The van der Waals surface area contributed by atoms with Gasteiger partial charge in [0.05, 0.1) is 17.7 Å². The number of primary amides is 1. The molecule has 0 aliphatic heterocycles. The number of hydrogen-bond acceptors (Lipinski definition) is 13. The summed E-state index contributed by atoms with van der Waals surface area (Å²) in [4.78, 5) is 32.6. The Morgan fingerprint density at radius 2 is 1.72 bits per heavy atom. The lowest BCUT2D eigenvalue weighted by atomic mass is 9.97. The smallest absolute Gasteiger partial charge is 0.323 e. The van der Waals surface area contributed by atoms with E-state index in [1.54, 1.807) is 36.4 Å². The number of carbonyl (C=O) groups is 2. The molecule has 0 radical (unpaired) electrons. The fraction of sp³-hybridized carbons (Fsp3) is 0.226. The second-order valence-electron chi connectivity index (χ2n) is 9.60. The molecule has 12 nitrogen and oxygen atoms in total. The van der Waals surface area contributed by atoms with Gasteiger partial charge >= 0.3 is 5.97 Å². The zero-order chi connectivity index (χ0) is 33.1. The van der Waals surface area contributed by atoms with Crippen molar-refractivity contribution in [3.05, 3.63) is 75.8 Å². The van der Waals surface area contributed by atoms with Crippen LogP contribution >= 0.6 is 34.7 Å². The highest BCUT2D eigenvalue weighted by molar-refractivity contribution is 7.98. The molecule has 7 N–H and O–H groups in total. The molecule has 0 saturated carbocycles. The van der Waals surface area contributed by atoms with Crippen LogP contribution in [0.4, 0.5) is 5.82 Å². The zero-order valence-electron chi connectivity index (χ0n) is 24.4. The first-order valence-electron chi connectivity index (χ1n) is 13.8. The van der Waals surface area contributed by atoms with E-state index in [-0.39, 0.29) is 43.1 Å². The summed E-state index contributed by atoms with van der Waals surface area (Å²) in [5.74, 6) is -0.382. The van der Waals surface area contributed by atoms with Crippen molar-refractivity contribution in [3.63, 3.8) is 0 Å². The van der Waals surface area contributed by atoms with E-state index < -0.39 is 17.9 Å². The topological polar surface area (TPSA) is 216 Å². The van der Waals surface area contributed by atoms with Gasteiger partial charge in [-0.3, -0.25) is 9.59 Å². The second-order valence-corrected chi connectivity index (χ2v) is 11.9. The molecule has 0 aliphatic carbocycles. The molecule has 0 spiro atoms. The van der Waals surface area contributed by atoms with E-state index in [4.69, 9.17) is 43.3 Å². The number of hydrogen-bond donors (Lipinski definition) is 4. The number of anilines is 1. The number of thioether (sulfide) groups is 1. The molecule has 0 aliphatic rings. The maximum atomic E-state index is 12.3. The number of nitrogens with two attached hydrogens (primary N) is 3. The summed E-state index contributed by atoms with van der Waals surface area (Å²) in [5, 5.41) is 26.7. The van der Waals surface area contributed by atoms with Gasteiger partial charge in [-0.05, 0) is 29.8 Å². The maximum absolute atomic E-state index is 12.3. The minimum absolute atomic E-state index is 0.0110. The van der Waals surface area contributed by atoms with Gasteiger partial charge in [-0.15, -0.1) is 11.3 Å². The minimum Gasteiger partial charge on any atom is -0.490 e. The van der Waals surface area contributed by atoms with Crippen LogP contribution in [0.25, 0.3) is 21.7 Å². The predicted molar refractivity (Wildman–Crippen MR) is 177 cm³/mol. The first kappa shape index (κ1) is 34.2. The highest BCUT2D eigenvalue weighted by Crippen LogP contribution is 2.37. The van der Waals surface area contributed by atoms with Crippen molar-refractivity contribution in [2.24, 2.45) is 11.5 Å². The molecular formula is C31H29ClN8O4S2. The number of aromatic nitrogens is 2. The van der Waals surface area contributed by atoms with Crippen LogP contribution in [0.2, 0.25) is 5.02 Å². The molecular weight excluding hydrogens is 648 g/mol. The van der Waals surface area contributed by atoms with E-state index in [0.29, 0.717) is 39.2 Å². The van der Waals surface area contributed by atoms with Crippen molar-refractivity contribution in [3.8, 4) is 39.6 Å². The van der Waals surface area contributed by atoms with Crippen molar-refractivity contribution >= 4 is 52.4 Å². The molecule has 4 aromatic rings. The van der Waals surface area contributed by atoms with Crippen LogP contribution in [0.15, 0.2) is 58.9 Å². The molecule has 0 bridgehead atoms. The Labute approximate surface area is 278 Å². The van der Waals surface area contributed by atoms with Crippen molar-refractivity contribution < 1.29 is 19.1 Å². The van der Waals surface area contributed by atoms with Crippen LogP contribution in [-0.2, 0) is 20.1 Å². The summed E-state index contributed by atoms with van der Waals surface area (Å²) in [6, 6.07) is 17.5. The van der Waals surface area contributed by atoms with Crippen LogP contribution in [0, 0.1) is 22.7 Å². The van der Waals surface area contributed by atoms with Gasteiger partial charge in [0.2, 0.25) is 5.91 Å². The average Bonchev–Trinajstić information content (AvgIpc) is 3.53. The Kier molecular flexibility index (Phi) is 12.3. The number of amides is 1. The van der Waals surface area contributed by atoms with Crippen LogP contribution < -0.4 is 27.3 Å². The molecule has 2 aromatic heterocycles. The molecule has 4 rings (SSSR count). The number of nitrogens with one attached hydrogen (secondary N) is 1. The van der Waals surface area contributed by atoms with Gasteiger partial charge < -0.3 is 32.0 Å². The Bertz CT molecular complexity index is 1770. The van der Waals surface area contributed by atoms with Crippen molar-refractivity contribution in [2.75, 3.05) is 32.0 Å². The maximum Gasteiger partial charge on any atom is 0.323 e. The first-order valence-corrected chi connectivity index (χ1v) is 16.1. The van der Waals surface area contributed by atoms with Crippen LogP contribution in [0.5, 0.6) is 5.75 Å². The van der Waals surface area contributed by atoms with E-state index in [9.17, 15) is 20.1 Å². The van der Waals surface area contributed by atoms with Crippen molar-refractivity contribution in [1.82, 2.24) is 15.3 Å². The van der Waals surface area contributed by atoms with Crippen LogP contribution in [0.1, 0.15) is 23.2 Å². The number of carbonyl (C=O) groups excluding carboxylic acids is 2. The molecule has 1 atom stereocenters. The minimum atomic E-state index is -0.895. The molecule has 2 aromatic carbocycles. The molecule has 2 heterocycles. The molecule has 46 heavy (non-hydrogen) atoms. The lowest BCUT2D eigenvalue weighted by Crippen LogP contribution is -2.43. The van der Waals surface area contributed by atoms with Crippen LogP contribution in [-0.4, -0.2) is 54.2 Å². The Morgan fingerprint density at radius 3 is 2.37 bits per heavy atom. The number of ether oxygens (including phenoxy) is 2. The SMILES string of the molecule is N#Cc1c(N)nc(SCc2csc(-c3ccc(Cl)cc3)n2)c(C#N)c1-c1ccc(OCCOC(=O)[C@H](CC(N)=O)NCCN)cc1. The standard InChI is InChI=1S/C31H29ClN8O4S2/c32-20-5-1-19(2-6-20)29-39-21(16-45-29)17-46-30-24(15-35)27(23(14-34)28(37)40-30)18-3-7-22(8-4-18)43-11-12-44-31(42)25(13-26(36)41)38-10-9-33/h1-8,16,25,38H,9-13,17,33H2,(H2,36,41)(H2,37,40)/t25-/m0/s1. The van der Waals surface area contributed by atoms with Crippen molar-refractivity contribution in [2.45, 2.75) is 23.2 Å². The molecule has 236 valence electrons. The second kappa shape index (κ2) is 16.6. The molecule has 1 amide bonds. The van der Waals surface area contributed by atoms with E-state index in [1.165, 1.54) is 23.1 Å². The largest absolute Gasteiger partial charge is 0.490 e. The summed E-state index contributed by atoms with van der Waals surface area (Å²) in [6.45, 7) is 0.563. The fourth-order valence-electron chi connectivity index (χ4n) is 4.25. The van der Waals surface area contributed by atoms with Crippen molar-refractivity contribution in [1.29, 1.82) is 10.5 Å². The van der Waals surface area contributed by atoms with Gasteiger partial charge in [-0.2, -0.15) is 10.5 Å². The van der Waals surface area contributed by atoms with Gasteiger partial charge in [-0.25, -0.2) is 9.97 Å². The molecule has 15 heteroatoms. The summed E-state index contributed by atoms with van der Waals surface area (Å²) in [7, 11) is 0. The third-order valence-corrected chi connectivity index (χ3v) is 8.58. The normalized spacial score (nSPS) is 11.3. The first-order chi connectivity index (χ1) is 22.2. The van der Waals surface area contributed by atoms with E-state index in [2.05, 4.69) is 22.4 Å². The van der Waals surface area contributed by atoms with E-state index >= 15 is 0 Å². The average molecular weight is 677 g/mol. The number of esters is 1. The van der Waals surface area contributed by atoms with Gasteiger partial charge in [0, 0.05) is 40.4 Å². The van der Waals surface area contributed by atoms with E-state index in [1.807, 2.05) is 17.5 Å². The van der Waals surface area contributed by atoms with Gasteiger partial charge in [-0.1, -0.05) is 47.6 Å². The Balaban J connectivity index is 1.43. The summed E-state index contributed by atoms with van der Waals surface area (Å²) in [5.41, 5.74) is 19.8. The quantitative estimate of drug-likeness (QED) is 0.0802. The monoisotopic (exact) mass is 676 g/mol. The van der Waals surface area contributed by atoms with Gasteiger partial charge in [0.25, 0.3) is 0 Å². The molecule has 0 saturated heterocycles. The van der Waals surface area contributed by atoms with Gasteiger partial charge in [0.15, 0.2) is 0 Å². The highest BCUT2D eigenvalue weighted by atomic mass is 35.5. The summed E-state index contributed by atoms with van der Waals surface area (Å²) in [6.07, 6.45) is -0.216. The molecule has 0 fully saturated rings. The van der Waals surface area contributed by atoms with Crippen LogP contribution in [0.3, 0.4) is 0 Å². The predicted octanol–water partition coefficient (Wildman–Crippen LogP) is 3.86. The lowest BCUT2D eigenvalue weighted by molar-refractivity contribution is -0.148. The fourth-order valence-corrected chi connectivity index (χ4v) is 6.19. The number of thiazole rings is 1. The third kappa shape index (κ3) is 8.94. The number of halogens is 1. The van der Waals surface area contributed by atoms with Gasteiger partial charge in [0.1, 0.15) is 58.6 Å². The number of rotatable bonds is 15. The number of nitrogens with zero attached hydrogens (tertiary/aromatic N) is 4. The molecule has 0 unspecified atom stereocenters. The van der Waals surface area contributed by atoms with E-state index in [0.717, 1.165) is 16.3 Å². The Hall–Kier alpha value is -4.70. The zero-order valence-corrected chi connectivity index (χ0v) is 26.8. The number of benzene rings is 2. The number of nitriles is 2. The number of nitrogen functional groups attached to an aromatic ring is 1.